The van der Waals surface area contributed by atoms with E-state index in [-0.39, 0.29) is 6.61 Å². The summed E-state index contributed by atoms with van der Waals surface area (Å²) in [6.07, 6.45) is 0. The largest absolute Gasteiger partial charge is 0.493 e. The molecule has 3 aromatic rings. The molecular formula is C21H19Cl2N5O4. The van der Waals surface area contributed by atoms with Gasteiger partial charge in [0, 0.05) is 21.3 Å². The molecule has 0 aliphatic carbocycles. The number of aromatic nitrogens is 4. The number of anilines is 1. The molecule has 0 fully saturated rings. The molecule has 166 valence electrons. The second-order valence-corrected chi connectivity index (χ2v) is 7.72. The van der Waals surface area contributed by atoms with E-state index in [4.69, 9.17) is 37.4 Å². The second kappa shape index (κ2) is 9.05. The number of allylic oxidation sites excluding steroid dienone is 1. The number of carbonyl (C=O) groups excluding carboxylic acids is 1. The van der Waals surface area contributed by atoms with Crippen LogP contribution in [0, 0.1) is 0 Å². The van der Waals surface area contributed by atoms with Crippen molar-refractivity contribution in [2.75, 3.05) is 19.5 Å². The molecule has 2 heterocycles. The van der Waals surface area contributed by atoms with Crippen LogP contribution >= 0.6 is 23.2 Å². The van der Waals surface area contributed by atoms with Crippen molar-refractivity contribution in [1.29, 1.82) is 0 Å². The zero-order chi connectivity index (χ0) is 22.8. The molecule has 1 aliphatic heterocycles. The highest BCUT2D eigenvalue weighted by Crippen LogP contribution is 2.39. The Labute approximate surface area is 193 Å². The van der Waals surface area contributed by atoms with Gasteiger partial charge in [-0.1, -0.05) is 40.4 Å². The lowest BCUT2D eigenvalue weighted by molar-refractivity contribution is -0.136. The molecule has 1 N–H and O–H groups in total. The molecule has 2 aromatic carbocycles. The molecule has 32 heavy (non-hydrogen) atoms. The fourth-order valence-electron chi connectivity index (χ4n) is 3.49. The van der Waals surface area contributed by atoms with E-state index in [1.807, 2.05) is 6.07 Å². The van der Waals surface area contributed by atoms with Crippen molar-refractivity contribution in [3.05, 3.63) is 68.8 Å². The number of carbonyl (C=O) groups is 1. The van der Waals surface area contributed by atoms with Crippen LogP contribution in [-0.2, 0) is 16.1 Å². The zero-order valence-electron chi connectivity index (χ0n) is 17.4. The van der Waals surface area contributed by atoms with Crippen LogP contribution in [0.15, 0.2) is 47.7 Å². The normalized spacial score (nSPS) is 15.1. The van der Waals surface area contributed by atoms with Crippen molar-refractivity contribution in [1.82, 2.24) is 20.2 Å². The van der Waals surface area contributed by atoms with Gasteiger partial charge in [-0.3, -0.25) is 0 Å². The standard InChI is InChI=1S/C21H19Cl2N5O4/c1-11-18(20(29)31-3)19(28-21(24-11)25-26-27-28)12-7-8-16(17(9-12)30-2)32-10-13-14(22)5-4-6-15(13)23/h4-9,19H,10H2,1-3H3,(H,24,25,27). The third-order valence-electron chi connectivity index (χ3n) is 5.06. The second-order valence-electron chi connectivity index (χ2n) is 6.90. The van der Waals surface area contributed by atoms with E-state index in [0.717, 1.165) is 0 Å². The molecule has 1 aromatic heterocycles. The first-order valence-corrected chi connectivity index (χ1v) is 10.3. The van der Waals surface area contributed by atoms with Gasteiger partial charge in [0.1, 0.15) is 12.6 Å². The summed E-state index contributed by atoms with van der Waals surface area (Å²) in [6, 6.07) is 9.96. The van der Waals surface area contributed by atoms with Gasteiger partial charge in [-0.25, -0.2) is 4.79 Å². The Hall–Kier alpha value is -3.30. The third-order valence-corrected chi connectivity index (χ3v) is 5.76. The van der Waals surface area contributed by atoms with Crippen LogP contribution in [0.5, 0.6) is 11.5 Å². The van der Waals surface area contributed by atoms with E-state index >= 15 is 0 Å². The molecule has 9 nitrogen and oxygen atoms in total. The number of tetrazole rings is 1. The number of benzene rings is 2. The molecule has 0 saturated carbocycles. The highest BCUT2D eigenvalue weighted by Gasteiger charge is 2.35. The van der Waals surface area contributed by atoms with Gasteiger partial charge in [-0.15, -0.1) is 0 Å². The lowest BCUT2D eigenvalue weighted by atomic mass is 9.95. The van der Waals surface area contributed by atoms with Crippen molar-refractivity contribution < 1.29 is 19.0 Å². The fraction of sp³-hybridized carbons (Fsp3) is 0.238. The molecule has 1 aliphatic rings. The van der Waals surface area contributed by atoms with E-state index in [1.165, 1.54) is 18.9 Å². The maximum atomic E-state index is 12.6. The summed E-state index contributed by atoms with van der Waals surface area (Å²) in [4.78, 5) is 12.6. The monoisotopic (exact) mass is 475 g/mol. The van der Waals surface area contributed by atoms with Gasteiger partial charge in [0.15, 0.2) is 11.5 Å². The fourth-order valence-corrected chi connectivity index (χ4v) is 3.99. The number of hydrogen-bond acceptors (Lipinski definition) is 8. The van der Waals surface area contributed by atoms with Crippen LogP contribution in [0.25, 0.3) is 0 Å². The van der Waals surface area contributed by atoms with Crippen molar-refractivity contribution in [2.24, 2.45) is 0 Å². The lowest BCUT2D eigenvalue weighted by Crippen LogP contribution is -2.29. The van der Waals surface area contributed by atoms with Gasteiger partial charge in [0.05, 0.1) is 19.8 Å². The number of methoxy groups -OCH3 is 2. The Kier molecular flexibility index (Phi) is 6.20. The van der Waals surface area contributed by atoms with Crippen LogP contribution in [-0.4, -0.2) is 40.4 Å². The number of fused-ring (bicyclic) bond motifs is 1. The Balaban J connectivity index is 1.70. The van der Waals surface area contributed by atoms with E-state index in [9.17, 15) is 4.79 Å². The van der Waals surface area contributed by atoms with Crippen LogP contribution in [0.2, 0.25) is 10.0 Å². The van der Waals surface area contributed by atoms with Gasteiger partial charge in [0.25, 0.3) is 0 Å². The SMILES string of the molecule is COC(=O)C1=C(C)Nc2nnnn2C1c1ccc(OCc2c(Cl)cccc2Cl)c(OC)c1. The number of halogens is 2. The summed E-state index contributed by atoms with van der Waals surface area (Å²) < 4.78 is 18.0. The average Bonchev–Trinajstić information content (AvgIpc) is 3.25. The minimum absolute atomic E-state index is 0.158. The molecule has 1 atom stereocenters. The smallest absolute Gasteiger partial charge is 0.338 e. The number of nitrogens with one attached hydrogen (secondary N) is 1. The van der Waals surface area contributed by atoms with E-state index in [2.05, 4.69) is 20.8 Å². The van der Waals surface area contributed by atoms with Crippen molar-refractivity contribution >= 4 is 35.1 Å². The van der Waals surface area contributed by atoms with Crippen LogP contribution < -0.4 is 14.8 Å². The van der Waals surface area contributed by atoms with Crippen LogP contribution in [0.3, 0.4) is 0 Å². The first kappa shape index (κ1) is 21.9. The minimum Gasteiger partial charge on any atom is -0.493 e. The Morgan fingerprint density at radius 3 is 2.59 bits per heavy atom. The van der Waals surface area contributed by atoms with Crippen molar-refractivity contribution in [2.45, 2.75) is 19.6 Å². The third kappa shape index (κ3) is 3.96. The number of rotatable bonds is 6. The van der Waals surface area contributed by atoms with Gasteiger partial charge in [-0.2, -0.15) is 4.68 Å². The predicted octanol–water partition coefficient (Wildman–Crippen LogP) is 4.03. The summed E-state index contributed by atoms with van der Waals surface area (Å²) in [5.41, 5.74) is 2.35. The predicted molar refractivity (Wildman–Crippen MR) is 118 cm³/mol. The number of esters is 1. The van der Waals surface area contributed by atoms with Crippen molar-refractivity contribution in [3.8, 4) is 11.5 Å². The Bertz CT molecular complexity index is 1190. The van der Waals surface area contributed by atoms with E-state index in [1.54, 1.807) is 37.3 Å². The maximum absolute atomic E-state index is 12.6. The minimum atomic E-state index is -0.616. The number of nitrogens with zero attached hydrogens (tertiary/aromatic N) is 4. The first-order chi connectivity index (χ1) is 15.4. The number of hydrogen-bond donors (Lipinski definition) is 1. The first-order valence-electron chi connectivity index (χ1n) is 9.52. The van der Waals surface area contributed by atoms with Gasteiger partial charge >= 0.3 is 5.97 Å². The van der Waals surface area contributed by atoms with Crippen LogP contribution in [0.4, 0.5) is 5.95 Å². The molecule has 11 heteroatoms. The topological polar surface area (TPSA) is 100 Å². The van der Waals surface area contributed by atoms with Gasteiger partial charge in [0.2, 0.25) is 5.95 Å². The molecule has 4 rings (SSSR count). The van der Waals surface area contributed by atoms with Crippen molar-refractivity contribution in [3.63, 3.8) is 0 Å². The van der Waals surface area contributed by atoms with E-state index in [0.29, 0.717) is 49.9 Å². The molecule has 0 saturated heterocycles. The van der Waals surface area contributed by atoms with Gasteiger partial charge in [-0.05, 0) is 47.2 Å². The zero-order valence-corrected chi connectivity index (χ0v) is 18.9. The maximum Gasteiger partial charge on any atom is 0.338 e. The summed E-state index contributed by atoms with van der Waals surface area (Å²) >= 11 is 12.5. The Morgan fingerprint density at radius 2 is 1.91 bits per heavy atom. The highest BCUT2D eigenvalue weighted by atomic mass is 35.5. The quantitative estimate of drug-likeness (QED) is 0.533. The molecule has 0 spiro atoms. The molecular weight excluding hydrogens is 457 g/mol. The summed E-state index contributed by atoms with van der Waals surface area (Å²) in [6.45, 7) is 1.92. The molecule has 1 unspecified atom stereocenters. The molecule has 0 amide bonds. The molecule has 0 bridgehead atoms. The Morgan fingerprint density at radius 1 is 1.16 bits per heavy atom. The summed E-state index contributed by atoms with van der Waals surface area (Å²) in [5.74, 6) is 0.862. The average molecular weight is 476 g/mol. The highest BCUT2D eigenvalue weighted by molar-refractivity contribution is 6.35. The van der Waals surface area contributed by atoms with Crippen LogP contribution in [0.1, 0.15) is 24.1 Å². The van der Waals surface area contributed by atoms with E-state index < -0.39 is 12.0 Å². The molecule has 0 radical (unpaired) electrons. The summed E-state index contributed by atoms with van der Waals surface area (Å²) in [5, 5.41) is 15.8. The lowest BCUT2D eigenvalue weighted by Gasteiger charge is -2.27. The summed E-state index contributed by atoms with van der Waals surface area (Å²) in [7, 11) is 2.85. The van der Waals surface area contributed by atoms with Gasteiger partial charge < -0.3 is 19.5 Å². The number of ether oxygens (including phenoxy) is 3.